The molecule has 0 radical (unpaired) electrons. The first-order valence-corrected chi connectivity index (χ1v) is 7.61. The third-order valence-corrected chi connectivity index (χ3v) is 4.53. The van der Waals surface area contributed by atoms with Crippen molar-refractivity contribution in [1.82, 2.24) is 9.38 Å². The van der Waals surface area contributed by atoms with Gasteiger partial charge in [-0.3, -0.25) is 4.40 Å². The predicted octanol–water partition coefficient (Wildman–Crippen LogP) is 2.52. The zero-order chi connectivity index (χ0) is 11.8. The van der Waals surface area contributed by atoms with E-state index in [1.54, 1.807) is 18.4 Å². The number of hydrogen-bond donors (Lipinski definition) is 0. The van der Waals surface area contributed by atoms with Crippen molar-refractivity contribution in [3.05, 3.63) is 17.3 Å². The second-order valence-corrected chi connectivity index (χ2v) is 5.60. The van der Waals surface area contributed by atoms with E-state index in [2.05, 4.69) is 36.8 Å². The second-order valence-electron chi connectivity index (χ2n) is 4.16. The van der Waals surface area contributed by atoms with Gasteiger partial charge in [-0.1, -0.05) is 15.9 Å². The Morgan fingerprint density at radius 2 is 2.53 bits per heavy atom. The topological polar surface area (TPSA) is 29.8 Å². The molecule has 0 bridgehead atoms. The van der Waals surface area contributed by atoms with Gasteiger partial charge in [0.1, 0.15) is 0 Å². The van der Waals surface area contributed by atoms with Gasteiger partial charge in [0.25, 0.3) is 0 Å². The van der Waals surface area contributed by atoms with Gasteiger partial charge in [-0.05, 0) is 6.42 Å². The fourth-order valence-corrected chi connectivity index (χ4v) is 3.56. The van der Waals surface area contributed by atoms with Crippen LogP contribution in [0.2, 0.25) is 0 Å². The van der Waals surface area contributed by atoms with E-state index in [9.17, 15) is 0 Å². The molecular formula is C11H14BrN3OS. The lowest BCUT2D eigenvalue weighted by molar-refractivity contribution is 0.121. The van der Waals surface area contributed by atoms with E-state index in [0.29, 0.717) is 6.10 Å². The van der Waals surface area contributed by atoms with Crippen LogP contribution in [0.4, 0.5) is 5.82 Å². The molecule has 2 aromatic heterocycles. The molecule has 1 unspecified atom stereocenters. The number of alkyl halides is 1. The van der Waals surface area contributed by atoms with Gasteiger partial charge in [-0.15, -0.1) is 11.3 Å². The van der Waals surface area contributed by atoms with Crippen LogP contribution in [-0.4, -0.2) is 35.7 Å². The van der Waals surface area contributed by atoms with Crippen molar-refractivity contribution in [3.63, 3.8) is 0 Å². The molecule has 1 aliphatic heterocycles. The number of methoxy groups -OCH3 is 1. The minimum atomic E-state index is 0.345. The molecule has 17 heavy (non-hydrogen) atoms. The maximum absolute atomic E-state index is 5.41. The number of rotatable bonds is 3. The maximum atomic E-state index is 5.41. The smallest absolute Gasteiger partial charge is 0.195 e. The molecule has 0 N–H and O–H groups in total. The zero-order valence-corrected chi connectivity index (χ0v) is 12.0. The zero-order valence-electron chi connectivity index (χ0n) is 9.60. The van der Waals surface area contributed by atoms with Crippen molar-refractivity contribution in [2.24, 2.45) is 0 Å². The first-order valence-electron chi connectivity index (χ1n) is 5.61. The minimum absolute atomic E-state index is 0.345. The molecule has 2 aromatic rings. The molecule has 0 amide bonds. The monoisotopic (exact) mass is 315 g/mol. The Labute approximate surface area is 112 Å². The van der Waals surface area contributed by atoms with Crippen LogP contribution in [0.3, 0.4) is 0 Å². The van der Waals surface area contributed by atoms with E-state index >= 15 is 0 Å². The quantitative estimate of drug-likeness (QED) is 0.815. The Morgan fingerprint density at radius 1 is 1.65 bits per heavy atom. The molecule has 1 fully saturated rings. The first kappa shape index (κ1) is 11.5. The van der Waals surface area contributed by atoms with Gasteiger partial charge in [-0.2, -0.15) is 0 Å². The van der Waals surface area contributed by atoms with E-state index in [0.717, 1.165) is 35.6 Å². The first-order chi connectivity index (χ1) is 8.33. The largest absolute Gasteiger partial charge is 0.380 e. The van der Waals surface area contributed by atoms with Gasteiger partial charge in [-0.25, -0.2) is 4.98 Å². The Hall–Kier alpha value is -0.590. The highest BCUT2D eigenvalue weighted by atomic mass is 79.9. The molecule has 0 aromatic carbocycles. The average Bonchev–Trinajstić information content (AvgIpc) is 3.02. The van der Waals surface area contributed by atoms with E-state index in [-0.39, 0.29) is 0 Å². The minimum Gasteiger partial charge on any atom is -0.380 e. The van der Waals surface area contributed by atoms with E-state index in [4.69, 9.17) is 9.72 Å². The number of aromatic nitrogens is 2. The van der Waals surface area contributed by atoms with Crippen LogP contribution < -0.4 is 4.90 Å². The second kappa shape index (κ2) is 4.59. The third-order valence-electron chi connectivity index (χ3n) is 3.24. The van der Waals surface area contributed by atoms with E-state index in [1.165, 1.54) is 5.69 Å². The number of fused-ring (bicyclic) bond motifs is 1. The van der Waals surface area contributed by atoms with E-state index < -0.39 is 0 Å². The van der Waals surface area contributed by atoms with Crippen molar-refractivity contribution in [3.8, 4) is 0 Å². The number of thiazole rings is 1. The number of hydrogen-bond acceptors (Lipinski definition) is 4. The van der Waals surface area contributed by atoms with Crippen LogP contribution >= 0.6 is 27.3 Å². The van der Waals surface area contributed by atoms with Crippen LogP contribution in [-0.2, 0) is 10.1 Å². The van der Waals surface area contributed by atoms with Crippen molar-refractivity contribution in [2.45, 2.75) is 17.9 Å². The summed E-state index contributed by atoms with van der Waals surface area (Å²) in [7, 11) is 1.78. The van der Waals surface area contributed by atoms with Crippen molar-refractivity contribution in [2.75, 3.05) is 25.1 Å². The molecule has 0 spiro atoms. The summed E-state index contributed by atoms with van der Waals surface area (Å²) in [5.41, 5.74) is 1.23. The molecule has 92 valence electrons. The Balaban J connectivity index is 1.97. The summed E-state index contributed by atoms with van der Waals surface area (Å²) in [6.07, 6.45) is 3.51. The molecule has 3 rings (SSSR count). The lowest BCUT2D eigenvalue weighted by atomic mass is 10.3. The van der Waals surface area contributed by atoms with Crippen LogP contribution in [0.25, 0.3) is 4.96 Å². The molecule has 1 aliphatic rings. The van der Waals surface area contributed by atoms with Gasteiger partial charge >= 0.3 is 0 Å². The van der Waals surface area contributed by atoms with Crippen LogP contribution in [0.5, 0.6) is 0 Å². The van der Waals surface area contributed by atoms with Crippen molar-refractivity contribution >= 4 is 38.0 Å². The lowest BCUT2D eigenvalue weighted by Gasteiger charge is -2.16. The summed E-state index contributed by atoms with van der Waals surface area (Å²) in [6, 6.07) is 0. The Kier molecular flexibility index (Phi) is 3.10. The number of anilines is 1. The highest BCUT2D eigenvalue weighted by Crippen LogP contribution is 2.29. The molecule has 0 aliphatic carbocycles. The van der Waals surface area contributed by atoms with E-state index in [1.807, 2.05) is 0 Å². The fraction of sp³-hybridized carbons (Fsp3) is 0.545. The van der Waals surface area contributed by atoms with Gasteiger partial charge in [0.15, 0.2) is 10.8 Å². The lowest BCUT2D eigenvalue weighted by Crippen LogP contribution is -2.23. The number of imidazole rings is 1. The summed E-state index contributed by atoms with van der Waals surface area (Å²) in [4.78, 5) is 8.11. The van der Waals surface area contributed by atoms with Crippen LogP contribution in [0, 0.1) is 0 Å². The van der Waals surface area contributed by atoms with Crippen LogP contribution in [0.15, 0.2) is 11.6 Å². The summed E-state index contributed by atoms with van der Waals surface area (Å²) in [5.74, 6) is 1.10. The highest BCUT2D eigenvalue weighted by molar-refractivity contribution is 9.08. The highest BCUT2D eigenvalue weighted by Gasteiger charge is 2.26. The summed E-state index contributed by atoms with van der Waals surface area (Å²) in [5, 5.41) is 2.90. The Morgan fingerprint density at radius 3 is 3.24 bits per heavy atom. The molecule has 4 nitrogen and oxygen atoms in total. The molecule has 3 heterocycles. The van der Waals surface area contributed by atoms with Gasteiger partial charge in [0.05, 0.1) is 11.8 Å². The van der Waals surface area contributed by atoms with Gasteiger partial charge < -0.3 is 9.64 Å². The molecule has 1 atom stereocenters. The van der Waals surface area contributed by atoms with Gasteiger partial charge in [0, 0.05) is 37.1 Å². The summed E-state index contributed by atoms with van der Waals surface area (Å²) < 4.78 is 7.57. The number of halogens is 1. The third kappa shape index (κ3) is 1.88. The summed E-state index contributed by atoms with van der Waals surface area (Å²) in [6.45, 7) is 1.98. The SMILES string of the molecule is COC1CCN(c2nc3sccn3c2CBr)C1. The van der Waals surface area contributed by atoms with Crippen LogP contribution in [0.1, 0.15) is 12.1 Å². The van der Waals surface area contributed by atoms with Gasteiger partial charge in [0.2, 0.25) is 0 Å². The molecule has 0 saturated carbocycles. The molecule has 6 heteroatoms. The summed E-state index contributed by atoms with van der Waals surface area (Å²) >= 11 is 5.23. The number of nitrogens with zero attached hydrogens (tertiary/aromatic N) is 3. The normalized spacial score (nSPS) is 20.6. The Bertz CT molecular complexity index is 524. The predicted molar refractivity (Wildman–Crippen MR) is 73.3 cm³/mol. The van der Waals surface area contributed by atoms with Crippen molar-refractivity contribution < 1.29 is 4.74 Å². The fourth-order valence-electron chi connectivity index (χ4n) is 2.31. The average molecular weight is 316 g/mol. The van der Waals surface area contributed by atoms with Crippen molar-refractivity contribution in [1.29, 1.82) is 0 Å². The number of ether oxygens (including phenoxy) is 1. The molecule has 1 saturated heterocycles. The standard InChI is InChI=1S/C11H14BrN3OS/c1-16-8-2-3-14(7-8)10-9(6-12)15-4-5-17-11(15)13-10/h4-5,8H,2-3,6-7H2,1H3. The maximum Gasteiger partial charge on any atom is 0.195 e. The molecular weight excluding hydrogens is 302 g/mol.